The molecule has 136 valence electrons. The number of carbonyl (C=O) groups excluding carboxylic acids is 1. The van der Waals surface area contributed by atoms with Crippen LogP contribution in [-0.2, 0) is 16.0 Å². The molecule has 1 aliphatic rings. The first-order chi connectivity index (χ1) is 12.5. The van der Waals surface area contributed by atoms with Gasteiger partial charge >= 0.3 is 5.97 Å². The SMILES string of the molecule is COc1ccc(CC(=O)N2C[C@@H](C(=O)O)[C@H](c3ccc(Cl)cc3)C2)cc1. The number of amides is 1. The van der Waals surface area contributed by atoms with Gasteiger partial charge in [-0.25, -0.2) is 0 Å². The van der Waals surface area contributed by atoms with E-state index in [1.54, 1.807) is 24.1 Å². The molecule has 1 aliphatic heterocycles. The summed E-state index contributed by atoms with van der Waals surface area (Å²) in [7, 11) is 1.59. The van der Waals surface area contributed by atoms with Crippen molar-refractivity contribution in [2.24, 2.45) is 5.92 Å². The van der Waals surface area contributed by atoms with Crippen LogP contribution in [0.3, 0.4) is 0 Å². The number of halogens is 1. The molecule has 2 aromatic rings. The molecule has 1 saturated heterocycles. The molecule has 1 fully saturated rings. The summed E-state index contributed by atoms with van der Waals surface area (Å²) in [4.78, 5) is 26.0. The molecule has 1 N–H and O–H groups in total. The van der Waals surface area contributed by atoms with Gasteiger partial charge in [0.25, 0.3) is 0 Å². The molecule has 26 heavy (non-hydrogen) atoms. The first kappa shape index (κ1) is 18.3. The molecule has 0 radical (unpaired) electrons. The number of ether oxygens (including phenoxy) is 1. The summed E-state index contributed by atoms with van der Waals surface area (Å²) in [6.07, 6.45) is 0.240. The molecule has 0 aromatic heterocycles. The van der Waals surface area contributed by atoms with E-state index >= 15 is 0 Å². The van der Waals surface area contributed by atoms with Crippen LogP contribution >= 0.6 is 11.6 Å². The monoisotopic (exact) mass is 373 g/mol. The van der Waals surface area contributed by atoms with Crippen molar-refractivity contribution in [1.82, 2.24) is 4.90 Å². The highest BCUT2D eigenvalue weighted by molar-refractivity contribution is 6.30. The molecular formula is C20H20ClNO4. The molecule has 0 aliphatic carbocycles. The lowest BCUT2D eigenvalue weighted by Crippen LogP contribution is -2.31. The molecule has 5 nitrogen and oxygen atoms in total. The van der Waals surface area contributed by atoms with Crippen molar-refractivity contribution in [3.63, 3.8) is 0 Å². The fourth-order valence-corrected chi connectivity index (χ4v) is 3.46. The van der Waals surface area contributed by atoms with Gasteiger partial charge in [-0.2, -0.15) is 0 Å². The summed E-state index contributed by atoms with van der Waals surface area (Å²) < 4.78 is 5.12. The van der Waals surface area contributed by atoms with Gasteiger partial charge < -0.3 is 14.7 Å². The topological polar surface area (TPSA) is 66.8 Å². The Bertz CT molecular complexity index is 788. The summed E-state index contributed by atoms with van der Waals surface area (Å²) >= 11 is 5.92. The number of hydrogen-bond acceptors (Lipinski definition) is 3. The van der Waals surface area contributed by atoms with Gasteiger partial charge in [-0.15, -0.1) is 0 Å². The highest BCUT2D eigenvalue weighted by Gasteiger charge is 2.40. The van der Waals surface area contributed by atoms with Gasteiger partial charge in [-0.05, 0) is 35.4 Å². The van der Waals surface area contributed by atoms with Crippen LogP contribution in [0, 0.1) is 5.92 Å². The lowest BCUT2D eigenvalue weighted by molar-refractivity contribution is -0.141. The van der Waals surface area contributed by atoms with E-state index < -0.39 is 11.9 Å². The third-order valence-electron chi connectivity index (χ3n) is 4.80. The van der Waals surface area contributed by atoms with Crippen LogP contribution in [0.25, 0.3) is 0 Å². The highest BCUT2D eigenvalue weighted by atomic mass is 35.5. The van der Waals surface area contributed by atoms with E-state index in [2.05, 4.69) is 0 Å². The second-order valence-corrected chi connectivity index (χ2v) is 6.86. The predicted octanol–water partition coefficient (Wildman–Crippen LogP) is 3.22. The molecule has 0 bridgehead atoms. The number of benzene rings is 2. The highest BCUT2D eigenvalue weighted by Crippen LogP contribution is 2.34. The molecule has 2 aromatic carbocycles. The predicted molar refractivity (Wildman–Crippen MR) is 98.6 cm³/mol. The molecule has 0 spiro atoms. The maximum atomic E-state index is 12.6. The van der Waals surface area contributed by atoms with Crippen LogP contribution in [0.1, 0.15) is 17.0 Å². The lowest BCUT2D eigenvalue weighted by atomic mass is 9.89. The molecular weight excluding hydrogens is 354 g/mol. The third-order valence-corrected chi connectivity index (χ3v) is 5.05. The number of carbonyl (C=O) groups is 2. The summed E-state index contributed by atoms with van der Waals surface area (Å²) in [5.41, 5.74) is 1.76. The standard InChI is InChI=1S/C20H20ClNO4/c1-26-16-8-2-13(3-9-16)10-19(23)22-11-17(18(12-22)20(24)25)14-4-6-15(21)7-5-14/h2-9,17-18H,10-12H2,1H3,(H,24,25)/t17-,18+/m0/s1. The van der Waals surface area contributed by atoms with Crippen molar-refractivity contribution in [3.05, 3.63) is 64.7 Å². The normalized spacial score (nSPS) is 19.4. The smallest absolute Gasteiger partial charge is 0.308 e. The van der Waals surface area contributed by atoms with Crippen LogP contribution in [0.2, 0.25) is 5.02 Å². The largest absolute Gasteiger partial charge is 0.497 e. The third kappa shape index (κ3) is 3.99. The quantitative estimate of drug-likeness (QED) is 0.873. The second kappa shape index (κ2) is 7.79. The van der Waals surface area contributed by atoms with Crippen LogP contribution in [0.5, 0.6) is 5.75 Å². The number of hydrogen-bond donors (Lipinski definition) is 1. The maximum Gasteiger partial charge on any atom is 0.308 e. The maximum absolute atomic E-state index is 12.6. The van der Waals surface area contributed by atoms with Crippen molar-refractivity contribution >= 4 is 23.5 Å². The lowest BCUT2D eigenvalue weighted by Gasteiger charge is -2.17. The van der Waals surface area contributed by atoms with Crippen molar-refractivity contribution in [2.45, 2.75) is 12.3 Å². The van der Waals surface area contributed by atoms with E-state index in [4.69, 9.17) is 16.3 Å². The van der Waals surface area contributed by atoms with Crippen LogP contribution in [0.4, 0.5) is 0 Å². The number of aliphatic carboxylic acids is 1. The number of rotatable bonds is 5. The molecule has 0 unspecified atom stereocenters. The Morgan fingerprint density at radius 3 is 2.35 bits per heavy atom. The van der Waals surface area contributed by atoms with Crippen LogP contribution < -0.4 is 4.74 Å². The molecule has 6 heteroatoms. The van der Waals surface area contributed by atoms with Crippen LogP contribution in [-0.4, -0.2) is 42.1 Å². The van der Waals surface area contributed by atoms with Gasteiger partial charge in [-0.3, -0.25) is 9.59 Å². The number of likely N-dealkylation sites (tertiary alicyclic amines) is 1. The zero-order chi connectivity index (χ0) is 18.7. The fraction of sp³-hybridized carbons (Fsp3) is 0.300. The Kier molecular flexibility index (Phi) is 5.47. The van der Waals surface area contributed by atoms with Crippen molar-refractivity contribution in [1.29, 1.82) is 0 Å². The van der Waals surface area contributed by atoms with E-state index in [0.717, 1.165) is 16.9 Å². The number of methoxy groups -OCH3 is 1. The van der Waals surface area contributed by atoms with Gasteiger partial charge in [0.2, 0.25) is 5.91 Å². The molecule has 3 rings (SSSR count). The van der Waals surface area contributed by atoms with E-state index in [0.29, 0.717) is 11.6 Å². The zero-order valence-corrected chi connectivity index (χ0v) is 15.1. The van der Waals surface area contributed by atoms with Gasteiger partial charge in [0.15, 0.2) is 0 Å². The van der Waals surface area contributed by atoms with Crippen molar-refractivity contribution < 1.29 is 19.4 Å². The average molecular weight is 374 g/mol. The second-order valence-electron chi connectivity index (χ2n) is 6.43. The summed E-state index contributed by atoms with van der Waals surface area (Å²) in [5.74, 6) is -1.07. The molecule has 1 amide bonds. The van der Waals surface area contributed by atoms with Crippen molar-refractivity contribution in [2.75, 3.05) is 20.2 Å². The van der Waals surface area contributed by atoms with Gasteiger partial charge in [-0.1, -0.05) is 35.9 Å². The van der Waals surface area contributed by atoms with Gasteiger partial charge in [0, 0.05) is 24.0 Å². The first-order valence-corrected chi connectivity index (χ1v) is 8.74. The first-order valence-electron chi connectivity index (χ1n) is 8.37. The summed E-state index contributed by atoms with van der Waals surface area (Å²) in [6.45, 7) is 0.616. The minimum atomic E-state index is -0.885. The van der Waals surface area contributed by atoms with Gasteiger partial charge in [0.1, 0.15) is 5.75 Å². The van der Waals surface area contributed by atoms with E-state index in [1.165, 1.54) is 0 Å². The number of carboxylic acid groups (broad SMARTS) is 1. The Morgan fingerprint density at radius 2 is 1.77 bits per heavy atom. The molecule has 1 heterocycles. The van der Waals surface area contributed by atoms with Crippen molar-refractivity contribution in [3.8, 4) is 5.75 Å². The minimum Gasteiger partial charge on any atom is -0.497 e. The Balaban J connectivity index is 1.72. The van der Waals surface area contributed by atoms with E-state index in [1.807, 2.05) is 36.4 Å². The summed E-state index contributed by atoms with van der Waals surface area (Å²) in [6, 6.07) is 14.5. The average Bonchev–Trinajstić information content (AvgIpc) is 3.09. The molecule has 0 saturated carbocycles. The molecule has 2 atom stereocenters. The fourth-order valence-electron chi connectivity index (χ4n) is 3.34. The Morgan fingerprint density at radius 1 is 1.12 bits per heavy atom. The minimum absolute atomic E-state index is 0.0714. The van der Waals surface area contributed by atoms with E-state index in [-0.39, 0.29) is 24.8 Å². The summed E-state index contributed by atoms with van der Waals surface area (Å²) in [5, 5.41) is 10.2. The number of nitrogens with zero attached hydrogens (tertiary/aromatic N) is 1. The Labute approximate surface area is 157 Å². The van der Waals surface area contributed by atoms with E-state index in [9.17, 15) is 14.7 Å². The zero-order valence-electron chi connectivity index (χ0n) is 14.4. The van der Waals surface area contributed by atoms with Gasteiger partial charge in [0.05, 0.1) is 19.4 Å². The van der Waals surface area contributed by atoms with Crippen LogP contribution in [0.15, 0.2) is 48.5 Å². The number of carboxylic acids is 1. The Hall–Kier alpha value is -2.53.